The molecule has 2 N–H and O–H groups in total. The maximum Gasteiger partial charge on any atom is 0.230 e. The molecule has 0 bridgehead atoms. The van der Waals surface area contributed by atoms with Crippen LogP contribution in [0.15, 0.2) is 42.6 Å². The number of fused-ring (bicyclic) bond motifs is 1. The summed E-state index contributed by atoms with van der Waals surface area (Å²) in [5.41, 5.74) is 2.07. The molecule has 0 aliphatic heterocycles. The van der Waals surface area contributed by atoms with Crippen LogP contribution >= 0.6 is 11.6 Å². The van der Waals surface area contributed by atoms with Crippen molar-refractivity contribution < 1.29 is 14.3 Å². The molecule has 142 valence electrons. The van der Waals surface area contributed by atoms with Crippen LogP contribution < -0.4 is 14.8 Å². The number of nitrogens with one attached hydrogen (secondary N) is 2. The van der Waals surface area contributed by atoms with Crippen molar-refractivity contribution in [3.8, 4) is 11.5 Å². The summed E-state index contributed by atoms with van der Waals surface area (Å²) < 4.78 is 10.6. The Kier molecular flexibility index (Phi) is 5.33. The Morgan fingerprint density at radius 2 is 1.85 bits per heavy atom. The molecule has 1 heterocycles. The number of ether oxygens (including phenoxy) is 2. The summed E-state index contributed by atoms with van der Waals surface area (Å²) in [5, 5.41) is 4.61. The number of H-pyrrole nitrogens is 1. The van der Waals surface area contributed by atoms with Gasteiger partial charge >= 0.3 is 0 Å². The molecule has 3 aromatic rings. The van der Waals surface area contributed by atoms with Gasteiger partial charge in [0.25, 0.3) is 0 Å². The molecule has 0 saturated carbocycles. The first-order chi connectivity index (χ1) is 12.9. The van der Waals surface area contributed by atoms with Gasteiger partial charge in [-0.1, -0.05) is 17.7 Å². The van der Waals surface area contributed by atoms with Gasteiger partial charge in [-0.15, -0.1) is 0 Å². The molecular weight excluding hydrogens is 364 g/mol. The van der Waals surface area contributed by atoms with Crippen molar-refractivity contribution in [3.05, 3.63) is 58.7 Å². The van der Waals surface area contributed by atoms with Crippen LogP contribution in [0.4, 0.5) is 0 Å². The Balaban J connectivity index is 1.79. The summed E-state index contributed by atoms with van der Waals surface area (Å²) in [6, 6.07) is 11.2. The van der Waals surface area contributed by atoms with Crippen molar-refractivity contribution in [2.75, 3.05) is 14.2 Å². The Morgan fingerprint density at radius 1 is 1.11 bits per heavy atom. The van der Waals surface area contributed by atoms with Crippen LogP contribution in [0.25, 0.3) is 10.9 Å². The number of hydrogen-bond acceptors (Lipinski definition) is 3. The van der Waals surface area contributed by atoms with Crippen LogP contribution in [-0.2, 0) is 16.8 Å². The fourth-order valence-electron chi connectivity index (χ4n) is 3.13. The van der Waals surface area contributed by atoms with E-state index >= 15 is 0 Å². The van der Waals surface area contributed by atoms with Gasteiger partial charge in [0.1, 0.15) is 0 Å². The highest BCUT2D eigenvalue weighted by Gasteiger charge is 2.32. The van der Waals surface area contributed by atoms with Crippen molar-refractivity contribution >= 4 is 28.4 Å². The number of benzene rings is 2. The average Bonchev–Trinajstić information content (AvgIpc) is 3.09. The molecule has 0 atom stereocenters. The quantitative estimate of drug-likeness (QED) is 0.658. The first-order valence-corrected chi connectivity index (χ1v) is 9.01. The van der Waals surface area contributed by atoms with Gasteiger partial charge in [-0.3, -0.25) is 4.79 Å². The second-order valence-corrected chi connectivity index (χ2v) is 7.33. The number of methoxy groups -OCH3 is 2. The molecule has 0 aliphatic rings. The highest BCUT2D eigenvalue weighted by Crippen LogP contribution is 2.32. The third-order valence-electron chi connectivity index (χ3n) is 4.79. The number of amides is 1. The summed E-state index contributed by atoms with van der Waals surface area (Å²) >= 11 is 6.14. The Bertz CT molecular complexity index is 979. The van der Waals surface area contributed by atoms with Crippen molar-refractivity contribution in [2.45, 2.75) is 25.8 Å². The van der Waals surface area contributed by atoms with Crippen molar-refractivity contribution in [3.63, 3.8) is 0 Å². The van der Waals surface area contributed by atoms with E-state index in [1.54, 1.807) is 14.2 Å². The van der Waals surface area contributed by atoms with Gasteiger partial charge in [0.05, 0.1) is 19.6 Å². The standard InChI is InChI=1S/C21H23ClN2O3/c1-21(2,16-12-23-17-7-6-14(22)10-15(16)17)20(25)24-11-13-5-8-18(26-3)19(9-13)27-4/h5-10,12,23H,11H2,1-4H3,(H,24,25). The monoisotopic (exact) mass is 386 g/mol. The van der Waals surface area contributed by atoms with E-state index in [9.17, 15) is 4.79 Å². The predicted octanol–water partition coefficient (Wildman–Crippen LogP) is 4.43. The number of halogens is 1. The van der Waals surface area contributed by atoms with Gasteiger partial charge < -0.3 is 19.8 Å². The summed E-state index contributed by atoms with van der Waals surface area (Å²) in [4.78, 5) is 16.1. The van der Waals surface area contributed by atoms with Gasteiger partial charge in [0.15, 0.2) is 11.5 Å². The molecule has 0 radical (unpaired) electrons. The van der Waals surface area contributed by atoms with Gasteiger partial charge in [-0.25, -0.2) is 0 Å². The molecule has 0 spiro atoms. The largest absolute Gasteiger partial charge is 0.493 e. The van der Waals surface area contributed by atoms with E-state index in [0.717, 1.165) is 22.0 Å². The fraction of sp³-hybridized carbons (Fsp3) is 0.286. The maximum atomic E-state index is 12.9. The molecular formula is C21H23ClN2O3. The van der Waals surface area contributed by atoms with Gasteiger partial charge in [-0.05, 0) is 55.3 Å². The van der Waals surface area contributed by atoms with Gasteiger partial charge in [-0.2, -0.15) is 0 Å². The molecule has 0 fully saturated rings. The molecule has 0 saturated heterocycles. The van der Waals surface area contributed by atoms with E-state index in [1.807, 2.05) is 56.4 Å². The van der Waals surface area contributed by atoms with Crippen LogP contribution in [-0.4, -0.2) is 25.1 Å². The van der Waals surface area contributed by atoms with Crippen LogP contribution in [0.3, 0.4) is 0 Å². The maximum absolute atomic E-state index is 12.9. The van der Waals surface area contributed by atoms with Crippen LogP contribution in [0.5, 0.6) is 11.5 Å². The lowest BCUT2D eigenvalue weighted by Gasteiger charge is -2.23. The minimum Gasteiger partial charge on any atom is -0.493 e. The van der Waals surface area contributed by atoms with E-state index in [4.69, 9.17) is 21.1 Å². The molecule has 2 aromatic carbocycles. The number of rotatable bonds is 6. The predicted molar refractivity (Wildman–Crippen MR) is 108 cm³/mol. The normalized spacial score (nSPS) is 11.4. The minimum atomic E-state index is -0.723. The fourth-order valence-corrected chi connectivity index (χ4v) is 3.30. The van der Waals surface area contributed by atoms with E-state index in [-0.39, 0.29) is 5.91 Å². The number of aromatic amines is 1. The van der Waals surface area contributed by atoms with E-state index < -0.39 is 5.41 Å². The Hall–Kier alpha value is -2.66. The highest BCUT2D eigenvalue weighted by atomic mass is 35.5. The molecule has 27 heavy (non-hydrogen) atoms. The third-order valence-corrected chi connectivity index (χ3v) is 5.02. The zero-order valence-electron chi connectivity index (χ0n) is 15.9. The zero-order valence-corrected chi connectivity index (χ0v) is 16.6. The Morgan fingerprint density at radius 3 is 2.56 bits per heavy atom. The molecule has 1 amide bonds. The number of hydrogen-bond donors (Lipinski definition) is 2. The lowest BCUT2D eigenvalue weighted by atomic mass is 9.83. The van der Waals surface area contributed by atoms with Crippen LogP contribution in [0.2, 0.25) is 5.02 Å². The summed E-state index contributed by atoms with van der Waals surface area (Å²) in [6.07, 6.45) is 1.87. The lowest BCUT2D eigenvalue weighted by Crippen LogP contribution is -2.39. The topological polar surface area (TPSA) is 63.3 Å². The second kappa shape index (κ2) is 7.53. The number of carbonyl (C=O) groups excluding carboxylic acids is 1. The molecule has 1 aromatic heterocycles. The van der Waals surface area contributed by atoms with E-state index in [0.29, 0.717) is 23.1 Å². The lowest BCUT2D eigenvalue weighted by molar-refractivity contribution is -0.125. The van der Waals surface area contributed by atoms with Crippen molar-refractivity contribution in [2.24, 2.45) is 0 Å². The van der Waals surface area contributed by atoms with Crippen LogP contribution in [0, 0.1) is 0 Å². The zero-order chi connectivity index (χ0) is 19.6. The first kappa shape index (κ1) is 19.1. The van der Waals surface area contributed by atoms with E-state index in [1.165, 1.54) is 0 Å². The second-order valence-electron chi connectivity index (χ2n) is 6.89. The molecule has 5 nitrogen and oxygen atoms in total. The SMILES string of the molecule is COc1ccc(CNC(=O)C(C)(C)c2c[nH]c3ccc(Cl)cc23)cc1OC. The summed E-state index contributed by atoms with van der Waals surface area (Å²) in [6.45, 7) is 4.20. The van der Waals surface area contributed by atoms with Crippen molar-refractivity contribution in [1.29, 1.82) is 0 Å². The minimum absolute atomic E-state index is 0.0711. The van der Waals surface area contributed by atoms with Crippen molar-refractivity contribution in [1.82, 2.24) is 10.3 Å². The molecule has 0 unspecified atom stereocenters. The first-order valence-electron chi connectivity index (χ1n) is 8.63. The highest BCUT2D eigenvalue weighted by molar-refractivity contribution is 6.31. The number of aromatic nitrogens is 1. The van der Waals surface area contributed by atoms with Gasteiger partial charge in [0, 0.05) is 28.7 Å². The summed E-state index contributed by atoms with van der Waals surface area (Å²) in [5.74, 6) is 1.22. The third kappa shape index (κ3) is 3.74. The number of carbonyl (C=O) groups is 1. The smallest absolute Gasteiger partial charge is 0.230 e. The van der Waals surface area contributed by atoms with Gasteiger partial charge in [0.2, 0.25) is 5.91 Å². The molecule has 0 aliphatic carbocycles. The molecule has 3 rings (SSSR count). The summed E-state index contributed by atoms with van der Waals surface area (Å²) in [7, 11) is 3.18. The average molecular weight is 387 g/mol. The van der Waals surface area contributed by atoms with Crippen LogP contribution in [0.1, 0.15) is 25.0 Å². The Labute approximate surface area is 163 Å². The van der Waals surface area contributed by atoms with E-state index in [2.05, 4.69) is 10.3 Å². The molecule has 6 heteroatoms.